The van der Waals surface area contributed by atoms with E-state index in [1.165, 1.54) is 32.1 Å². The number of aliphatic hydroxyl groups excluding tert-OH is 1. The lowest BCUT2D eigenvalue weighted by Gasteiger charge is -2.21. The molecule has 1 fully saturated rings. The van der Waals surface area contributed by atoms with Gasteiger partial charge in [0.2, 0.25) is 0 Å². The molecule has 0 saturated heterocycles. The topological polar surface area (TPSA) is 41.5 Å². The molecular weight excluding hydrogens is 202 g/mol. The van der Waals surface area contributed by atoms with E-state index >= 15 is 0 Å². The molecule has 1 rings (SSSR count). The van der Waals surface area contributed by atoms with Crippen molar-refractivity contribution in [3.8, 4) is 0 Å². The molecule has 0 amide bonds. The van der Waals surface area contributed by atoms with Gasteiger partial charge < -0.3 is 15.2 Å². The van der Waals surface area contributed by atoms with E-state index in [0.29, 0.717) is 12.0 Å². The summed E-state index contributed by atoms with van der Waals surface area (Å²) in [5.74, 6) is 0.459. The van der Waals surface area contributed by atoms with E-state index < -0.39 is 0 Å². The van der Waals surface area contributed by atoms with Crippen molar-refractivity contribution >= 4 is 0 Å². The smallest absolute Gasteiger partial charge is 0.0615 e. The summed E-state index contributed by atoms with van der Waals surface area (Å²) in [6, 6.07) is 0.456. The molecule has 3 heteroatoms. The Balaban J connectivity index is 2.19. The van der Waals surface area contributed by atoms with E-state index in [1.54, 1.807) is 7.11 Å². The quantitative estimate of drug-likeness (QED) is 0.668. The van der Waals surface area contributed by atoms with Crippen molar-refractivity contribution in [2.75, 3.05) is 20.3 Å². The highest BCUT2D eigenvalue weighted by Crippen LogP contribution is 2.24. The SMILES string of the molecule is CCCCC(COC)NCC1CCCC1O. The number of hydrogen-bond acceptors (Lipinski definition) is 3. The van der Waals surface area contributed by atoms with E-state index in [-0.39, 0.29) is 6.10 Å². The zero-order chi connectivity index (χ0) is 11.8. The van der Waals surface area contributed by atoms with Crippen LogP contribution in [0, 0.1) is 5.92 Å². The molecule has 0 aromatic rings. The molecule has 1 aliphatic rings. The van der Waals surface area contributed by atoms with Crippen LogP contribution >= 0.6 is 0 Å². The van der Waals surface area contributed by atoms with Crippen LogP contribution in [-0.4, -0.2) is 37.5 Å². The first kappa shape index (κ1) is 13.9. The second-order valence-corrected chi connectivity index (χ2v) is 4.96. The van der Waals surface area contributed by atoms with Crippen LogP contribution in [0.4, 0.5) is 0 Å². The molecule has 1 aliphatic carbocycles. The summed E-state index contributed by atoms with van der Waals surface area (Å²) in [5, 5.41) is 13.3. The second kappa shape index (κ2) is 8.04. The number of ether oxygens (including phenoxy) is 1. The molecule has 1 saturated carbocycles. The Bertz CT molecular complexity index is 175. The summed E-state index contributed by atoms with van der Waals surface area (Å²) < 4.78 is 5.22. The number of unbranched alkanes of at least 4 members (excludes halogenated alkanes) is 1. The Kier molecular flexibility index (Phi) is 7.01. The van der Waals surface area contributed by atoms with Gasteiger partial charge in [-0.2, -0.15) is 0 Å². The maximum Gasteiger partial charge on any atom is 0.0615 e. The molecule has 0 aromatic carbocycles. The first-order valence-electron chi connectivity index (χ1n) is 6.68. The lowest BCUT2D eigenvalue weighted by Crippen LogP contribution is -2.38. The van der Waals surface area contributed by atoms with Gasteiger partial charge in [-0.25, -0.2) is 0 Å². The summed E-state index contributed by atoms with van der Waals surface area (Å²) >= 11 is 0. The van der Waals surface area contributed by atoms with Gasteiger partial charge in [0.1, 0.15) is 0 Å². The van der Waals surface area contributed by atoms with Crippen molar-refractivity contribution in [3.63, 3.8) is 0 Å². The zero-order valence-electron chi connectivity index (χ0n) is 10.7. The predicted molar refractivity (Wildman–Crippen MR) is 66.5 cm³/mol. The summed E-state index contributed by atoms with van der Waals surface area (Å²) in [6.07, 6.45) is 6.90. The fraction of sp³-hybridized carbons (Fsp3) is 1.00. The first-order valence-corrected chi connectivity index (χ1v) is 6.68. The lowest BCUT2D eigenvalue weighted by molar-refractivity contribution is 0.119. The van der Waals surface area contributed by atoms with Gasteiger partial charge in [-0.3, -0.25) is 0 Å². The molecule has 3 nitrogen and oxygen atoms in total. The van der Waals surface area contributed by atoms with E-state index in [0.717, 1.165) is 19.6 Å². The van der Waals surface area contributed by atoms with Crippen molar-refractivity contribution in [1.82, 2.24) is 5.32 Å². The van der Waals surface area contributed by atoms with Crippen LogP contribution < -0.4 is 5.32 Å². The molecule has 3 atom stereocenters. The van der Waals surface area contributed by atoms with E-state index in [9.17, 15) is 5.11 Å². The van der Waals surface area contributed by atoms with Crippen LogP contribution in [0.5, 0.6) is 0 Å². The standard InChI is InChI=1S/C13H27NO2/c1-3-4-7-12(10-16-2)14-9-11-6-5-8-13(11)15/h11-15H,3-10H2,1-2H3. The van der Waals surface area contributed by atoms with Gasteiger partial charge in [0, 0.05) is 19.7 Å². The van der Waals surface area contributed by atoms with E-state index in [1.807, 2.05) is 0 Å². The highest BCUT2D eigenvalue weighted by atomic mass is 16.5. The third kappa shape index (κ3) is 4.81. The van der Waals surface area contributed by atoms with Crippen LogP contribution in [0.3, 0.4) is 0 Å². The summed E-state index contributed by atoms with van der Waals surface area (Å²) in [5.41, 5.74) is 0. The van der Waals surface area contributed by atoms with Crippen LogP contribution in [0.2, 0.25) is 0 Å². The van der Waals surface area contributed by atoms with Crippen molar-refractivity contribution in [2.24, 2.45) is 5.92 Å². The molecule has 16 heavy (non-hydrogen) atoms. The largest absolute Gasteiger partial charge is 0.393 e. The molecule has 0 aromatic heterocycles. The molecule has 0 aliphatic heterocycles. The fourth-order valence-electron chi connectivity index (χ4n) is 2.47. The minimum atomic E-state index is -0.0816. The lowest BCUT2D eigenvalue weighted by atomic mass is 10.0. The van der Waals surface area contributed by atoms with Gasteiger partial charge in [-0.15, -0.1) is 0 Å². The highest BCUT2D eigenvalue weighted by Gasteiger charge is 2.25. The van der Waals surface area contributed by atoms with Crippen LogP contribution in [0.1, 0.15) is 45.4 Å². The van der Waals surface area contributed by atoms with Gasteiger partial charge in [-0.1, -0.05) is 26.2 Å². The van der Waals surface area contributed by atoms with Crippen LogP contribution in [0.15, 0.2) is 0 Å². The van der Waals surface area contributed by atoms with Gasteiger partial charge >= 0.3 is 0 Å². The Hall–Kier alpha value is -0.120. The fourth-order valence-corrected chi connectivity index (χ4v) is 2.47. The maximum absolute atomic E-state index is 9.74. The Labute approximate surface area is 99.6 Å². The summed E-state index contributed by atoms with van der Waals surface area (Å²) in [6.45, 7) is 3.94. The highest BCUT2D eigenvalue weighted by molar-refractivity contribution is 4.80. The molecule has 2 N–H and O–H groups in total. The van der Waals surface area contributed by atoms with Gasteiger partial charge in [0.25, 0.3) is 0 Å². The van der Waals surface area contributed by atoms with Gasteiger partial charge in [-0.05, 0) is 25.2 Å². The number of rotatable bonds is 8. The monoisotopic (exact) mass is 229 g/mol. The minimum absolute atomic E-state index is 0.0816. The Morgan fingerprint density at radius 3 is 2.81 bits per heavy atom. The van der Waals surface area contributed by atoms with Crippen molar-refractivity contribution in [1.29, 1.82) is 0 Å². The zero-order valence-corrected chi connectivity index (χ0v) is 10.7. The molecular formula is C13H27NO2. The van der Waals surface area contributed by atoms with Crippen molar-refractivity contribution < 1.29 is 9.84 Å². The predicted octanol–water partition coefficient (Wildman–Crippen LogP) is 1.94. The van der Waals surface area contributed by atoms with Crippen LogP contribution in [-0.2, 0) is 4.74 Å². The maximum atomic E-state index is 9.74. The van der Waals surface area contributed by atoms with Crippen molar-refractivity contribution in [2.45, 2.75) is 57.6 Å². The van der Waals surface area contributed by atoms with Gasteiger partial charge in [0.15, 0.2) is 0 Å². The van der Waals surface area contributed by atoms with Gasteiger partial charge in [0.05, 0.1) is 12.7 Å². The molecule has 3 unspecified atom stereocenters. The normalized spacial score (nSPS) is 27.2. The van der Waals surface area contributed by atoms with Crippen molar-refractivity contribution in [3.05, 3.63) is 0 Å². The van der Waals surface area contributed by atoms with Crippen LogP contribution in [0.25, 0.3) is 0 Å². The second-order valence-electron chi connectivity index (χ2n) is 4.96. The molecule has 0 bridgehead atoms. The third-order valence-electron chi connectivity index (χ3n) is 3.56. The molecule has 0 radical (unpaired) electrons. The number of aliphatic hydroxyl groups is 1. The number of methoxy groups -OCH3 is 1. The molecule has 0 heterocycles. The number of nitrogens with one attached hydrogen (secondary N) is 1. The number of hydrogen-bond donors (Lipinski definition) is 2. The molecule has 0 spiro atoms. The third-order valence-corrected chi connectivity index (χ3v) is 3.56. The van der Waals surface area contributed by atoms with E-state index in [2.05, 4.69) is 12.2 Å². The average molecular weight is 229 g/mol. The Morgan fingerprint density at radius 1 is 1.44 bits per heavy atom. The molecule has 96 valence electrons. The first-order chi connectivity index (χ1) is 7.77. The summed E-state index contributed by atoms with van der Waals surface area (Å²) in [4.78, 5) is 0. The Morgan fingerprint density at radius 2 is 2.25 bits per heavy atom. The minimum Gasteiger partial charge on any atom is -0.393 e. The summed E-state index contributed by atoms with van der Waals surface area (Å²) in [7, 11) is 1.76. The average Bonchev–Trinajstić information content (AvgIpc) is 2.68. The van der Waals surface area contributed by atoms with E-state index in [4.69, 9.17) is 4.74 Å².